The van der Waals surface area contributed by atoms with Crippen LogP contribution in [-0.2, 0) is 34.6 Å². The van der Waals surface area contributed by atoms with Gasteiger partial charge in [0, 0.05) is 43.6 Å². The second-order valence-corrected chi connectivity index (χ2v) is 16.5. The summed E-state index contributed by atoms with van der Waals surface area (Å²) < 4.78 is 76.2. The average molecular weight is 919 g/mol. The molecule has 21 heteroatoms. The summed E-state index contributed by atoms with van der Waals surface area (Å²) in [6.07, 6.45) is 1.46. The molecule has 0 saturated carbocycles. The number of unbranched alkanes of at least 4 members (excludes halogenated alkanes) is 2. The van der Waals surface area contributed by atoms with Crippen molar-refractivity contribution >= 4 is 71.8 Å². The van der Waals surface area contributed by atoms with Gasteiger partial charge in [0.2, 0.25) is 0 Å². The number of fused-ring (bicyclic) bond motifs is 2. The van der Waals surface area contributed by atoms with Gasteiger partial charge >= 0.3 is 24.0 Å². The number of ketones is 1. The van der Waals surface area contributed by atoms with Crippen LogP contribution in [0.15, 0.2) is 93.1 Å². The molecule has 0 aliphatic carbocycles. The number of carbonyl (C=O) groups excluding carboxylic acids is 3. The first-order valence-electron chi connectivity index (χ1n) is 19.1. The van der Waals surface area contributed by atoms with Gasteiger partial charge in [-0.05, 0) is 70.0 Å². The standard InChI is InChI=1S/C28H32N2O10.2C7H8O3S.H2O/c1-17(31)21-16-20-25(40-28(37)30-14-6-2-3-10-22(32)33)18-8-4-5-9-19(18)26(27(20)38-21)39-24(36)11-7-13-29-15-12-23(34)35;2*1-6-2-4-7(5-3-6)11(8,9)10;/h4-5,8-9,16,29H,2-3,6-7,10-15H2,1H3,(H,30,37)(H,32,33)(H,34,35);2*2-5H,1H3,(H,8,9,10);1H2. The first-order chi connectivity index (χ1) is 29.2. The molecule has 0 atom stereocenters. The second-order valence-electron chi connectivity index (χ2n) is 13.7. The summed E-state index contributed by atoms with van der Waals surface area (Å²) in [7, 11) is -8.04. The number of aliphatic carboxylic acids is 2. The van der Waals surface area contributed by atoms with E-state index in [1.807, 2.05) is 13.8 Å². The largest absolute Gasteiger partial charge is 0.481 e. The van der Waals surface area contributed by atoms with E-state index in [2.05, 4.69) is 10.6 Å². The Morgan fingerprint density at radius 1 is 0.619 bits per heavy atom. The zero-order valence-electron chi connectivity index (χ0n) is 34.6. The maximum atomic E-state index is 12.7. The summed E-state index contributed by atoms with van der Waals surface area (Å²) in [5, 5.41) is 24.2. The number of amides is 1. The van der Waals surface area contributed by atoms with E-state index in [1.54, 1.807) is 48.5 Å². The summed E-state index contributed by atoms with van der Waals surface area (Å²) in [6.45, 7) is 5.99. The van der Waals surface area contributed by atoms with Crippen LogP contribution in [0.1, 0.15) is 73.6 Å². The Labute approximate surface area is 363 Å². The van der Waals surface area contributed by atoms with Crippen molar-refractivity contribution in [1.29, 1.82) is 0 Å². The van der Waals surface area contributed by atoms with Gasteiger partial charge in [-0.3, -0.25) is 28.3 Å². The van der Waals surface area contributed by atoms with Crippen molar-refractivity contribution in [2.45, 2.75) is 75.5 Å². The van der Waals surface area contributed by atoms with Crippen LogP contribution in [0.3, 0.4) is 0 Å². The van der Waals surface area contributed by atoms with E-state index in [1.165, 1.54) is 37.3 Å². The van der Waals surface area contributed by atoms with Crippen LogP contribution in [-0.4, -0.2) is 91.0 Å². The van der Waals surface area contributed by atoms with Gasteiger partial charge in [-0.2, -0.15) is 16.8 Å². The van der Waals surface area contributed by atoms with Gasteiger partial charge in [-0.25, -0.2) is 4.79 Å². The fourth-order valence-corrected chi connectivity index (χ4v) is 6.38. The van der Waals surface area contributed by atoms with Crippen molar-refractivity contribution < 1.29 is 79.5 Å². The second kappa shape index (κ2) is 25.0. The van der Waals surface area contributed by atoms with Crippen molar-refractivity contribution in [2.75, 3.05) is 19.6 Å². The molecule has 8 N–H and O–H groups in total. The van der Waals surface area contributed by atoms with Crippen molar-refractivity contribution in [3.8, 4) is 11.5 Å². The molecule has 0 aliphatic rings. The molecule has 0 aliphatic heterocycles. The lowest BCUT2D eigenvalue weighted by atomic mass is 10.0. The fourth-order valence-electron chi connectivity index (χ4n) is 5.42. The monoisotopic (exact) mass is 918 g/mol. The average Bonchev–Trinajstić information content (AvgIpc) is 3.65. The molecular weight excluding hydrogens is 869 g/mol. The van der Waals surface area contributed by atoms with Crippen LogP contribution in [0.4, 0.5) is 4.79 Å². The maximum Gasteiger partial charge on any atom is 0.412 e. The summed E-state index contributed by atoms with van der Waals surface area (Å²) in [5.41, 5.74) is 1.99. The molecule has 63 heavy (non-hydrogen) atoms. The van der Waals surface area contributed by atoms with E-state index in [0.29, 0.717) is 43.0 Å². The number of hydrogen-bond donors (Lipinski definition) is 6. The highest BCUT2D eigenvalue weighted by Gasteiger charge is 2.25. The number of esters is 1. The predicted octanol–water partition coefficient (Wildman–Crippen LogP) is 5.93. The Kier molecular flexibility index (Phi) is 21.0. The Bertz CT molecular complexity index is 2400. The third kappa shape index (κ3) is 18.0. The van der Waals surface area contributed by atoms with Gasteiger partial charge < -0.3 is 40.2 Å². The highest BCUT2D eigenvalue weighted by Crippen LogP contribution is 2.44. The number of benzene rings is 4. The van der Waals surface area contributed by atoms with E-state index in [-0.39, 0.29) is 81.6 Å². The first kappa shape index (κ1) is 52.9. The lowest BCUT2D eigenvalue weighted by Gasteiger charge is -2.14. The number of ether oxygens (including phenoxy) is 2. The first-order valence-corrected chi connectivity index (χ1v) is 21.9. The number of furan rings is 1. The number of Topliss-reactive ketones (excluding diaryl/α,β-unsaturated/α-hetero) is 1. The molecule has 0 unspecified atom stereocenters. The number of nitrogens with one attached hydrogen (secondary N) is 2. The molecule has 0 radical (unpaired) electrons. The van der Waals surface area contributed by atoms with Crippen LogP contribution >= 0.6 is 0 Å². The summed E-state index contributed by atoms with van der Waals surface area (Å²) in [6, 6.07) is 20.2. The van der Waals surface area contributed by atoms with E-state index < -0.39 is 44.2 Å². The van der Waals surface area contributed by atoms with Gasteiger partial charge in [0.15, 0.2) is 28.6 Å². The predicted molar refractivity (Wildman–Crippen MR) is 229 cm³/mol. The van der Waals surface area contributed by atoms with E-state index in [4.69, 9.17) is 33.2 Å². The Balaban J connectivity index is 0.000000480. The molecule has 1 heterocycles. The number of carbonyl (C=O) groups is 5. The van der Waals surface area contributed by atoms with Crippen LogP contribution in [0.5, 0.6) is 11.5 Å². The van der Waals surface area contributed by atoms with E-state index in [9.17, 15) is 40.8 Å². The molecule has 4 aromatic carbocycles. The number of aryl methyl sites for hydroxylation is 2. The topological polar surface area (TPSA) is 322 Å². The number of hydrogen-bond acceptors (Lipinski definition) is 13. The highest BCUT2D eigenvalue weighted by atomic mass is 32.2. The van der Waals surface area contributed by atoms with Crippen molar-refractivity contribution in [2.24, 2.45) is 0 Å². The molecule has 0 spiro atoms. The number of carboxylic acids is 2. The minimum atomic E-state index is -4.02. The van der Waals surface area contributed by atoms with E-state index in [0.717, 1.165) is 11.1 Å². The molecule has 1 aromatic heterocycles. The molecule has 19 nitrogen and oxygen atoms in total. The van der Waals surface area contributed by atoms with Crippen molar-refractivity contribution in [1.82, 2.24) is 10.6 Å². The van der Waals surface area contributed by atoms with Crippen molar-refractivity contribution in [3.63, 3.8) is 0 Å². The lowest BCUT2D eigenvalue weighted by molar-refractivity contribution is -0.138. The van der Waals surface area contributed by atoms with Crippen LogP contribution in [0.2, 0.25) is 0 Å². The highest BCUT2D eigenvalue weighted by molar-refractivity contribution is 7.86. The molecule has 5 rings (SSSR count). The maximum absolute atomic E-state index is 12.7. The molecule has 0 bridgehead atoms. The van der Waals surface area contributed by atoms with Gasteiger partial charge in [-0.15, -0.1) is 0 Å². The zero-order chi connectivity index (χ0) is 46.0. The lowest BCUT2D eigenvalue weighted by Crippen LogP contribution is -2.27. The summed E-state index contributed by atoms with van der Waals surface area (Å²) in [4.78, 5) is 58.5. The number of rotatable bonds is 18. The minimum absolute atomic E-state index is 0. The normalized spacial score (nSPS) is 10.9. The van der Waals surface area contributed by atoms with Gasteiger partial charge in [0.25, 0.3) is 20.2 Å². The summed E-state index contributed by atoms with van der Waals surface area (Å²) in [5.74, 6) is -2.49. The van der Waals surface area contributed by atoms with Gasteiger partial charge in [0.1, 0.15) is 0 Å². The quantitative estimate of drug-likeness (QED) is 0.0195. The van der Waals surface area contributed by atoms with Crippen LogP contribution < -0.4 is 20.1 Å². The van der Waals surface area contributed by atoms with Crippen LogP contribution in [0, 0.1) is 13.8 Å². The molecular formula is C42H50N2O17S2. The molecule has 1 amide bonds. The van der Waals surface area contributed by atoms with E-state index >= 15 is 0 Å². The van der Waals surface area contributed by atoms with Crippen LogP contribution in [0.25, 0.3) is 21.7 Å². The molecule has 0 fully saturated rings. The Hall–Kier alpha value is -6.23. The molecule has 5 aromatic rings. The number of carboxylic acid groups (broad SMARTS) is 2. The van der Waals surface area contributed by atoms with Crippen molar-refractivity contribution in [3.05, 3.63) is 95.7 Å². The van der Waals surface area contributed by atoms with Gasteiger partial charge in [0.05, 0.1) is 21.6 Å². The third-order valence-corrected chi connectivity index (χ3v) is 10.3. The summed E-state index contributed by atoms with van der Waals surface area (Å²) >= 11 is 0. The molecule has 0 saturated heterocycles. The van der Waals surface area contributed by atoms with Gasteiger partial charge in [-0.1, -0.05) is 66.1 Å². The minimum Gasteiger partial charge on any atom is -0.481 e. The zero-order valence-corrected chi connectivity index (χ0v) is 36.2. The smallest absolute Gasteiger partial charge is 0.412 e. The third-order valence-electron chi connectivity index (χ3n) is 8.58. The Morgan fingerprint density at radius 2 is 1.14 bits per heavy atom. The fraction of sp³-hybridized carbons (Fsp3) is 0.310. The SMILES string of the molecule is CC(=O)c1cc2c(OC(=O)NCCCCCC(=O)O)c3ccccc3c(OC(=O)CCCNCCC(=O)O)c2o1.Cc1ccc(S(=O)(=O)O)cc1.Cc1ccc(S(=O)(=O)O)cc1.O. The molecule has 342 valence electrons. The Morgan fingerprint density at radius 3 is 1.63 bits per heavy atom.